The van der Waals surface area contributed by atoms with Crippen LogP contribution in [0.1, 0.15) is 40.0 Å². The number of nitro groups is 1. The lowest BCUT2D eigenvalue weighted by molar-refractivity contribution is -0.525. The number of carbonyl (C=O) groups is 3. The Labute approximate surface area is 178 Å². The summed E-state index contributed by atoms with van der Waals surface area (Å²) in [6, 6.07) is -0.918. The number of hydrogen-bond acceptors (Lipinski definition) is 8. The zero-order valence-electron chi connectivity index (χ0n) is 17.3. The highest BCUT2D eigenvalue weighted by Crippen LogP contribution is 2.25. The van der Waals surface area contributed by atoms with Crippen LogP contribution in [-0.2, 0) is 14.3 Å². The largest absolute Gasteiger partial charge is 0.444 e. The summed E-state index contributed by atoms with van der Waals surface area (Å²) in [7, 11) is 0. The average Bonchev–Trinajstić information content (AvgIpc) is 3.07. The van der Waals surface area contributed by atoms with Gasteiger partial charge in [0.15, 0.2) is 10.4 Å². The number of primary amides is 1. The number of thioether (sulfide) groups is 1. The molecule has 6 N–H and O–H groups in total. The summed E-state index contributed by atoms with van der Waals surface area (Å²) in [6.07, 6.45) is 0.432. The Balaban J connectivity index is 2.73. The Hall–Kier alpha value is -2.77. The number of nitrogens with one attached hydrogen (secondary N) is 2. The second kappa shape index (κ2) is 11.4. The first-order valence-corrected chi connectivity index (χ1v) is 10.4. The molecule has 3 amide bonds. The molecule has 0 aromatic rings. The summed E-state index contributed by atoms with van der Waals surface area (Å²) in [6.45, 7) is 5.64. The number of hydrogen-bond donors (Lipinski definition) is 4. The number of amides is 3. The minimum atomic E-state index is -0.918. The van der Waals surface area contributed by atoms with Crippen LogP contribution in [0.3, 0.4) is 0 Å². The van der Waals surface area contributed by atoms with Gasteiger partial charge in [-0.15, -0.1) is 11.8 Å². The number of ether oxygens (including phenoxy) is 1. The molecule has 1 aliphatic heterocycles. The molecule has 0 aromatic carbocycles. The molecule has 1 saturated heterocycles. The van der Waals surface area contributed by atoms with Crippen LogP contribution in [0.4, 0.5) is 4.79 Å². The third-order valence-electron chi connectivity index (χ3n) is 3.80. The van der Waals surface area contributed by atoms with Crippen LogP contribution in [-0.4, -0.2) is 69.7 Å². The number of nitrogens with zero attached hydrogens (tertiary/aromatic N) is 3. The van der Waals surface area contributed by atoms with E-state index < -0.39 is 40.0 Å². The fourth-order valence-corrected chi connectivity index (χ4v) is 3.71. The molecule has 0 radical (unpaired) electrons. The molecule has 2 atom stereocenters. The molecule has 0 spiro atoms. The summed E-state index contributed by atoms with van der Waals surface area (Å²) < 4.78 is 5.22. The quantitative estimate of drug-likeness (QED) is 0.119. The number of alkyl carbamates (subject to hydrolysis) is 1. The smallest absolute Gasteiger partial charge is 0.408 e. The molecule has 14 heteroatoms. The van der Waals surface area contributed by atoms with Crippen molar-refractivity contribution in [2.24, 2.45) is 16.5 Å². The standard InChI is InChI=1S/C16H29N7O6S/c1-16(2,3)29-15(26)20-10(6-4-5-7-19-14(18)21-23(27)28)12(25)22-8-9-30-13(22)11(17)24/h10,13H,4-9H2,1-3H3,(H2,17,24)(H,20,26)(H3,18,19,21). The molecule has 13 nitrogen and oxygen atoms in total. The van der Waals surface area contributed by atoms with E-state index in [0.717, 1.165) is 0 Å². The van der Waals surface area contributed by atoms with Crippen LogP contribution in [0.15, 0.2) is 4.99 Å². The fraction of sp³-hybridized carbons (Fsp3) is 0.750. The normalized spacial score (nSPS) is 17.9. The number of rotatable bonds is 9. The van der Waals surface area contributed by atoms with E-state index in [1.807, 2.05) is 0 Å². The Morgan fingerprint density at radius 1 is 1.33 bits per heavy atom. The van der Waals surface area contributed by atoms with Crippen LogP contribution in [0, 0.1) is 10.1 Å². The van der Waals surface area contributed by atoms with Gasteiger partial charge in [0.25, 0.3) is 11.9 Å². The van der Waals surface area contributed by atoms with Crippen molar-refractivity contribution in [2.75, 3.05) is 18.8 Å². The molecule has 0 bridgehead atoms. The van der Waals surface area contributed by atoms with E-state index in [9.17, 15) is 24.5 Å². The van der Waals surface area contributed by atoms with E-state index in [1.54, 1.807) is 26.2 Å². The highest BCUT2D eigenvalue weighted by Gasteiger charge is 2.37. The van der Waals surface area contributed by atoms with Crippen molar-refractivity contribution in [1.29, 1.82) is 0 Å². The Kier molecular flexibility index (Phi) is 9.62. The van der Waals surface area contributed by atoms with Crippen LogP contribution < -0.4 is 22.2 Å². The van der Waals surface area contributed by atoms with Crippen molar-refractivity contribution in [1.82, 2.24) is 15.6 Å². The number of guanidine groups is 1. The Morgan fingerprint density at radius 2 is 2.00 bits per heavy atom. The monoisotopic (exact) mass is 447 g/mol. The number of carbonyl (C=O) groups excluding carboxylic acids is 3. The second-order valence-electron chi connectivity index (χ2n) is 7.49. The summed E-state index contributed by atoms with van der Waals surface area (Å²) in [5.74, 6) is -0.800. The first kappa shape index (κ1) is 25.3. The predicted octanol–water partition coefficient (Wildman–Crippen LogP) is -0.467. The lowest BCUT2D eigenvalue weighted by Crippen LogP contribution is -2.53. The first-order valence-electron chi connectivity index (χ1n) is 9.32. The maximum absolute atomic E-state index is 13.0. The van der Waals surface area contributed by atoms with Crippen molar-refractivity contribution in [3.8, 4) is 0 Å². The molecular formula is C16H29N7O6S. The fourth-order valence-electron chi connectivity index (χ4n) is 2.63. The van der Waals surface area contributed by atoms with Crippen LogP contribution >= 0.6 is 11.8 Å². The number of aliphatic imine (C=N–C) groups is 1. The Bertz CT molecular complexity index is 681. The molecule has 2 unspecified atom stereocenters. The average molecular weight is 448 g/mol. The molecule has 1 fully saturated rings. The van der Waals surface area contributed by atoms with Crippen molar-refractivity contribution in [3.05, 3.63) is 10.1 Å². The maximum Gasteiger partial charge on any atom is 0.408 e. The molecule has 0 aromatic heterocycles. The maximum atomic E-state index is 13.0. The van der Waals surface area contributed by atoms with Crippen LogP contribution in [0.25, 0.3) is 0 Å². The number of nitrogens with two attached hydrogens (primary N) is 2. The lowest BCUT2D eigenvalue weighted by atomic mass is 10.1. The van der Waals surface area contributed by atoms with Gasteiger partial charge in [0.05, 0.1) is 0 Å². The summed E-state index contributed by atoms with van der Waals surface area (Å²) in [5.41, 5.74) is 11.7. The minimum Gasteiger partial charge on any atom is -0.444 e. The van der Waals surface area contributed by atoms with E-state index >= 15 is 0 Å². The molecule has 30 heavy (non-hydrogen) atoms. The van der Waals surface area contributed by atoms with Gasteiger partial charge < -0.3 is 26.4 Å². The van der Waals surface area contributed by atoms with Gasteiger partial charge in [-0.2, -0.15) is 0 Å². The van der Waals surface area contributed by atoms with Gasteiger partial charge in [-0.25, -0.2) is 19.9 Å². The molecule has 0 aliphatic carbocycles. The minimum absolute atomic E-state index is 0.198. The van der Waals surface area contributed by atoms with Gasteiger partial charge in [0, 0.05) is 18.8 Å². The molecular weight excluding hydrogens is 418 g/mol. The third-order valence-corrected chi connectivity index (χ3v) is 5.02. The van der Waals surface area contributed by atoms with Gasteiger partial charge in [-0.3, -0.25) is 9.59 Å². The van der Waals surface area contributed by atoms with Crippen molar-refractivity contribution >= 4 is 35.6 Å². The summed E-state index contributed by atoms with van der Waals surface area (Å²) in [5, 5.41) is 11.2. The van der Waals surface area contributed by atoms with Gasteiger partial charge >= 0.3 is 6.09 Å². The van der Waals surface area contributed by atoms with Crippen LogP contribution in [0.5, 0.6) is 0 Å². The van der Waals surface area contributed by atoms with Gasteiger partial charge in [-0.1, -0.05) is 5.43 Å². The second-order valence-corrected chi connectivity index (χ2v) is 8.68. The summed E-state index contributed by atoms with van der Waals surface area (Å²) >= 11 is 1.27. The topological polar surface area (TPSA) is 195 Å². The van der Waals surface area contributed by atoms with Gasteiger partial charge in [0.1, 0.15) is 11.6 Å². The van der Waals surface area contributed by atoms with Crippen molar-refractivity contribution < 1.29 is 24.2 Å². The zero-order valence-corrected chi connectivity index (χ0v) is 18.1. The molecule has 1 aliphatic rings. The highest BCUT2D eigenvalue weighted by molar-refractivity contribution is 8.00. The Morgan fingerprint density at radius 3 is 2.57 bits per heavy atom. The van der Waals surface area contributed by atoms with E-state index in [0.29, 0.717) is 25.1 Å². The van der Waals surface area contributed by atoms with E-state index in [-0.39, 0.29) is 18.9 Å². The molecule has 0 saturated carbocycles. The molecule has 1 rings (SSSR count). The van der Waals surface area contributed by atoms with Gasteiger partial charge in [-0.05, 0) is 40.0 Å². The van der Waals surface area contributed by atoms with Gasteiger partial charge in [0.2, 0.25) is 5.91 Å². The highest BCUT2D eigenvalue weighted by atomic mass is 32.2. The molecule has 1 heterocycles. The first-order chi connectivity index (χ1) is 13.9. The van der Waals surface area contributed by atoms with Crippen molar-refractivity contribution in [2.45, 2.75) is 57.1 Å². The number of hydrazine groups is 1. The van der Waals surface area contributed by atoms with E-state index in [1.165, 1.54) is 16.7 Å². The lowest BCUT2D eigenvalue weighted by Gasteiger charge is -2.28. The SMILES string of the molecule is CC(C)(C)OC(=O)NC(CCCCN=C(N)N[N+](=O)[O-])C(=O)N1CCSC1C(N)=O. The number of unbranched alkanes of at least 4 members (excludes halogenated alkanes) is 1. The van der Waals surface area contributed by atoms with E-state index in [2.05, 4.69) is 10.3 Å². The summed E-state index contributed by atoms with van der Waals surface area (Å²) in [4.78, 5) is 52.2. The van der Waals surface area contributed by atoms with Crippen LogP contribution in [0.2, 0.25) is 0 Å². The zero-order chi connectivity index (χ0) is 22.9. The van der Waals surface area contributed by atoms with E-state index in [4.69, 9.17) is 16.2 Å². The third kappa shape index (κ3) is 9.15. The predicted molar refractivity (Wildman–Crippen MR) is 111 cm³/mol. The molecule has 170 valence electrons. The van der Waals surface area contributed by atoms with Crippen molar-refractivity contribution in [3.63, 3.8) is 0 Å².